The van der Waals surface area contributed by atoms with Crippen molar-refractivity contribution in [2.45, 2.75) is 47.1 Å². The molecule has 0 atom stereocenters. The summed E-state index contributed by atoms with van der Waals surface area (Å²) < 4.78 is 5.23. The lowest BCUT2D eigenvalue weighted by Crippen LogP contribution is -2.28. The molecule has 0 radical (unpaired) electrons. The van der Waals surface area contributed by atoms with Crippen molar-refractivity contribution in [2.75, 3.05) is 11.9 Å². The summed E-state index contributed by atoms with van der Waals surface area (Å²) in [5.41, 5.74) is 2.92. The molecule has 0 aliphatic rings. The van der Waals surface area contributed by atoms with Gasteiger partial charge >= 0.3 is 5.97 Å². The summed E-state index contributed by atoms with van der Waals surface area (Å²) >= 11 is 0. The number of aromatic hydroxyl groups is 1. The Labute approximate surface area is 114 Å². The van der Waals surface area contributed by atoms with Crippen molar-refractivity contribution in [2.24, 2.45) is 0 Å². The van der Waals surface area contributed by atoms with Crippen LogP contribution in [0.2, 0.25) is 0 Å². The van der Waals surface area contributed by atoms with Crippen molar-refractivity contribution in [3.63, 3.8) is 0 Å². The van der Waals surface area contributed by atoms with Crippen LogP contribution in [0.1, 0.15) is 37.5 Å². The van der Waals surface area contributed by atoms with E-state index in [-0.39, 0.29) is 12.5 Å². The highest BCUT2D eigenvalue weighted by Crippen LogP contribution is 2.30. The molecule has 2 N–H and O–H groups in total. The Kier molecular flexibility index (Phi) is 4.45. The Morgan fingerprint density at radius 2 is 1.84 bits per heavy atom. The van der Waals surface area contributed by atoms with Gasteiger partial charge in [-0.25, -0.2) is 0 Å². The molecular formula is C15H23NO3. The fourth-order valence-corrected chi connectivity index (χ4v) is 1.80. The van der Waals surface area contributed by atoms with Crippen LogP contribution >= 0.6 is 0 Å². The fourth-order valence-electron chi connectivity index (χ4n) is 1.80. The number of nitrogens with one attached hydrogen (secondary N) is 1. The number of anilines is 1. The van der Waals surface area contributed by atoms with Gasteiger partial charge in [-0.3, -0.25) is 4.79 Å². The maximum atomic E-state index is 11.6. The number of phenolic OH excluding ortho intramolecular Hbond substituents is 1. The van der Waals surface area contributed by atoms with Gasteiger partial charge in [0.15, 0.2) is 0 Å². The highest BCUT2D eigenvalue weighted by molar-refractivity contribution is 5.76. The largest absolute Gasteiger partial charge is 0.507 e. The van der Waals surface area contributed by atoms with E-state index in [9.17, 15) is 9.90 Å². The Morgan fingerprint density at radius 3 is 2.37 bits per heavy atom. The fraction of sp³-hybridized carbons (Fsp3) is 0.533. The number of hydrogen-bond donors (Lipinski definition) is 2. The molecule has 0 aliphatic carbocycles. The molecule has 0 unspecified atom stereocenters. The summed E-state index contributed by atoms with van der Waals surface area (Å²) in [7, 11) is 0. The van der Waals surface area contributed by atoms with Crippen molar-refractivity contribution in [1.82, 2.24) is 0 Å². The molecular weight excluding hydrogens is 242 g/mol. The highest BCUT2D eigenvalue weighted by Gasteiger charge is 2.16. The Balaban J connectivity index is 2.77. The molecule has 0 aliphatic heterocycles. The summed E-state index contributed by atoms with van der Waals surface area (Å²) in [6, 6.07) is 1.84. The number of rotatable bonds is 3. The van der Waals surface area contributed by atoms with Gasteiger partial charge in [-0.15, -0.1) is 0 Å². The van der Waals surface area contributed by atoms with E-state index in [1.165, 1.54) is 0 Å². The van der Waals surface area contributed by atoms with Gasteiger partial charge in [0.25, 0.3) is 0 Å². The zero-order valence-electron chi connectivity index (χ0n) is 12.5. The number of aryl methyl sites for hydroxylation is 1. The second kappa shape index (κ2) is 5.51. The van der Waals surface area contributed by atoms with E-state index in [0.717, 1.165) is 22.4 Å². The number of carbonyl (C=O) groups is 1. The predicted octanol–water partition coefficient (Wildman–Crippen LogP) is 3.07. The number of esters is 1. The average Bonchev–Trinajstić information content (AvgIpc) is 2.27. The third-order valence-electron chi connectivity index (χ3n) is 2.90. The van der Waals surface area contributed by atoms with E-state index in [1.54, 1.807) is 0 Å². The number of benzene rings is 1. The van der Waals surface area contributed by atoms with E-state index in [2.05, 4.69) is 5.32 Å². The van der Waals surface area contributed by atoms with E-state index in [4.69, 9.17) is 4.74 Å². The minimum Gasteiger partial charge on any atom is -0.507 e. The third-order valence-corrected chi connectivity index (χ3v) is 2.90. The molecule has 1 rings (SSSR count). The van der Waals surface area contributed by atoms with Crippen molar-refractivity contribution in [3.8, 4) is 5.75 Å². The number of hydrogen-bond acceptors (Lipinski definition) is 4. The summed E-state index contributed by atoms with van der Waals surface area (Å²) in [5, 5.41) is 12.9. The number of phenols is 1. The molecule has 0 fully saturated rings. The van der Waals surface area contributed by atoms with Crippen LogP contribution in [-0.2, 0) is 9.53 Å². The predicted molar refractivity (Wildman–Crippen MR) is 76.7 cm³/mol. The first-order chi connectivity index (χ1) is 8.61. The minimum absolute atomic E-state index is 0.113. The summed E-state index contributed by atoms with van der Waals surface area (Å²) in [6.45, 7) is 11.2. The lowest BCUT2D eigenvalue weighted by atomic mass is 10.0. The molecule has 0 heterocycles. The normalized spacial score (nSPS) is 11.3. The Hall–Kier alpha value is -1.71. The maximum Gasteiger partial charge on any atom is 0.325 e. The quantitative estimate of drug-likeness (QED) is 0.651. The van der Waals surface area contributed by atoms with Crippen LogP contribution < -0.4 is 5.32 Å². The van der Waals surface area contributed by atoms with Gasteiger partial charge in [-0.05, 0) is 64.3 Å². The number of ether oxygens (including phenoxy) is 1. The van der Waals surface area contributed by atoms with Crippen LogP contribution in [0.3, 0.4) is 0 Å². The zero-order valence-corrected chi connectivity index (χ0v) is 12.5. The standard InChI is InChI=1S/C15H23NO3/c1-9-7-12(10(2)11(3)14(9)18)16-8-13(17)19-15(4,5)6/h7,16,18H,8H2,1-6H3. The molecule has 0 saturated heterocycles. The van der Waals surface area contributed by atoms with Crippen molar-refractivity contribution in [1.29, 1.82) is 0 Å². The SMILES string of the molecule is Cc1cc(NCC(=O)OC(C)(C)C)c(C)c(C)c1O. The second-order valence-corrected chi connectivity index (χ2v) is 5.78. The smallest absolute Gasteiger partial charge is 0.325 e. The summed E-state index contributed by atoms with van der Waals surface area (Å²) in [5.74, 6) is 0.00981. The van der Waals surface area contributed by atoms with Crippen LogP contribution in [0.25, 0.3) is 0 Å². The van der Waals surface area contributed by atoms with Crippen LogP contribution in [0, 0.1) is 20.8 Å². The van der Waals surface area contributed by atoms with Gasteiger partial charge in [-0.2, -0.15) is 0 Å². The van der Waals surface area contributed by atoms with Gasteiger partial charge in [0.2, 0.25) is 0 Å². The van der Waals surface area contributed by atoms with E-state index in [1.807, 2.05) is 47.6 Å². The summed E-state index contributed by atoms with van der Waals surface area (Å²) in [6.07, 6.45) is 0. The first kappa shape index (κ1) is 15.3. The topological polar surface area (TPSA) is 58.6 Å². The average molecular weight is 265 g/mol. The van der Waals surface area contributed by atoms with Gasteiger partial charge in [0.05, 0.1) is 0 Å². The van der Waals surface area contributed by atoms with Gasteiger partial charge in [-0.1, -0.05) is 0 Å². The van der Waals surface area contributed by atoms with E-state index < -0.39 is 5.60 Å². The van der Waals surface area contributed by atoms with E-state index >= 15 is 0 Å². The van der Waals surface area contributed by atoms with Crippen LogP contribution in [0.15, 0.2) is 6.07 Å². The monoisotopic (exact) mass is 265 g/mol. The number of carbonyl (C=O) groups excluding carboxylic acids is 1. The van der Waals surface area contributed by atoms with Crippen LogP contribution in [-0.4, -0.2) is 23.2 Å². The molecule has 0 amide bonds. The summed E-state index contributed by atoms with van der Waals surface area (Å²) in [4.78, 5) is 11.6. The lowest BCUT2D eigenvalue weighted by Gasteiger charge is -2.20. The lowest BCUT2D eigenvalue weighted by molar-refractivity contribution is -0.152. The van der Waals surface area contributed by atoms with Crippen molar-refractivity contribution in [3.05, 3.63) is 22.8 Å². The molecule has 4 nitrogen and oxygen atoms in total. The maximum absolute atomic E-state index is 11.6. The third kappa shape index (κ3) is 4.16. The van der Waals surface area contributed by atoms with Crippen LogP contribution in [0.4, 0.5) is 5.69 Å². The minimum atomic E-state index is -0.478. The van der Waals surface area contributed by atoms with Gasteiger partial charge in [0.1, 0.15) is 17.9 Å². The zero-order chi connectivity index (χ0) is 14.8. The molecule has 1 aromatic carbocycles. The van der Waals surface area contributed by atoms with Crippen molar-refractivity contribution < 1.29 is 14.6 Å². The molecule has 0 spiro atoms. The molecule has 0 aromatic heterocycles. The molecule has 1 aromatic rings. The first-order valence-electron chi connectivity index (χ1n) is 6.37. The van der Waals surface area contributed by atoms with Crippen LogP contribution in [0.5, 0.6) is 5.75 Å². The Morgan fingerprint density at radius 1 is 1.26 bits per heavy atom. The van der Waals surface area contributed by atoms with Gasteiger partial charge in [0, 0.05) is 5.69 Å². The highest BCUT2D eigenvalue weighted by atomic mass is 16.6. The molecule has 4 heteroatoms. The molecule has 19 heavy (non-hydrogen) atoms. The Bertz CT molecular complexity index is 487. The van der Waals surface area contributed by atoms with Crippen molar-refractivity contribution >= 4 is 11.7 Å². The molecule has 106 valence electrons. The second-order valence-electron chi connectivity index (χ2n) is 5.78. The molecule has 0 bridgehead atoms. The first-order valence-corrected chi connectivity index (χ1v) is 6.37. The van der Waals surface area contributed by atoms with Gasteiger partial charge < -0.3 is 15.2 Å². The van der Waals surface area contributed by atoms with E-state index in [0.29, 0.717) is 5.75 Å². The molecule has 0 saturated carbocycles.